The van der Waals surface area contributed by atoms with Gasteiger partial charge in [0.05, 0.1) is 13.5 Å². The minimum atomic E-state index is -1.10. The molecular weight excluding hydrogens is 484 g/mol. The molecule has 0 saturated carbocycles. The van der Waals surface area contributed by atoms with Crippen LogP contribution in [0, 0.1) is 0 Å². The number of nitrogens with one attached hydrogen (secondary N) is 1. The van der Waals surface area contributed by atoms with Crippen LogP contribution in [-0.4, -0.2) is 42.1 Å². The lowest BCUT2D eigenvalue weighted by atomic mass is 9.79. The van der Waals surface area contributed by atoms with Crippen molar-refractivity contribution in [2.75, 3.05) is 13.7 Å². The first-order chi connectivity index (χ1) is 18.5. The second kappa shape index (κ2) is 12.8. The zero-order valence-corrected chi connectivity index (χ0v) is 21.4. The van der Waals surface area contributed by atoms with Crippen molar-refractivity contribution in [2.45, 2.75) is 44.6 Å². The Kier molecular flexibility index (Phi) is 8.98. The van der Waals surface area contributed by atoms with Gasteiger partial charge in [-0.15, -0.1) is 0 Å². The van der Waals surface area contributed by atoms with E-state index in [0.29, 0.717) is 25.1 Å². The van der Waals surface area contributed by atoms with Crippen molar-refractivity contribution in [3.63, 3.8) is 0 Å². The molecule has 1 heterocycles. The van der Waals surface area contributed by atoms with Crippen molar-refractivity contribution in [2.24, 2.45) is 0 Å². The molecular formula is C30H32N2O6. The van der Waals surface area contributed by atoms with Gasteiger partial charge < -0.3 is 24.4 Å². The highest BCUT2D eigenvalue weighted by Gasteiger charge is 2.57. The van der Waals surface area contributed by atoms with Crippen molar-refractivity contribution < 1.29 is 28.6 Å². The average Bonchev–Trinajstić information content (AvgIpc) is 2.96. The van der Waals surface area contributed by atoms with Gasteiger partial charge in [0.15, 0.2) is 0 Å². The van der Waals surface area contributed by atoms with Crippen LogP contribution in [0.15, 0.2) is 84.9 Å². The molecule has 1 fully saturated rings. The normalized spacial score (nSPS) is 16.3. The van der Waals surface area contributed by atoms with Crippen LogP contribution in [0.25, 0.3) is 0 Å². The molecule has 2 amide bonds. The number of alkyl carbamates (subject to hydrolysis) is 1. The number of benzene rings is 3. The smallest absolute Gasteiger partial charge is 0.407 e. The summed E-state index contributed by atoms with van der Waals surface area (Å²) in [5.41, 5.74) is 1.54. The lowest BCUT2D eigenvalue weighted by molar-refractivity contribution is -0.183. The second-order valence-electron chi connectivity index (χ2n) is 9.19. The van der Waals surface area contributed by atoms with Gasteiger partial charge in [-0.1, -0.05) is 72.8 Å². The second-order valence-corrected chi connectivity index (χ2v) is 9.19. The molecule has 3 aromatic rings. The molecule has 1 aliphatic rings. The van der Waals surface area contributed by atoms with E-state index < -0.39 is 17.6 Å². The fourth-order valence-electron chi connectivity index (χ4n) is 4.45. The highest BCUT2D eigenvalue weighted by molar-refractivity contribution is 5.99. The molecule has 0 aliphatic carbocycles. The first-order valence-electron chi connectivity index (χ1n) is 12.6. The van der Waals surface area contributed by atoms with Crippen LogP contribution in [0.1, 0.15) is 36.0 Å². The van der Waals surface area contributed by atoms with E-state index in [-0.39, 0.29) is 32.1 Å². The number of carbonyl (C=O) groups excluding carboxylic acids is 3. The van der Waals surface area contributed by atoms with Gasteiger partial charge in [-0.05, 0) is 41.7 Å². The Morgan fingerprint density at radius 1 is 0.842 bits per heavy atom. The molecule has 0 radical (unpaired) electrons. The van der Waals surface area contributed by atoms with Gasteiger partial charge in [0, 0.05) is 13.1 Å². The van der Waals surface area contributed by atoms with Gasteiger partial charge >= 0.3 is 12.1 Å². The van der Waals surface area contributed by atoms with Crippen LogP contribution in [-0.2, 0) is 38.8 Å². The number of carbonyl (C=O) groups is 3. The number of likely N-dealkylation sites (tertiary alicyclic amines) is 1. The Morgan fingerprint density at radius 3 is 2.03 bits per heavy atom. The van der Waals surface area contributed by atoms with E-state index in [1.165, 1.54) is 0 Å². The van der Waals surface area contributed by atoms with E-state index in [1.54, 1.807) is 12.0 Å². The van der Waals surface area contributed by atoms with E-state index in [2.05, 4.69) is 5.32 Å². The highest BCUT2D eigenvalue weighted by Crippen LogP contribution is 2.39. The summed E-state index contributed by atoms with van der Waals surface area (Å²) in [6.07, 6.45) is 0.346. The summed E-state index contributed by atoms with van der Waals surface area (Å²) >= 11 is 0. The van der Waals surface area contributed by atoms with Gasteiger partial charge in [0.1, 0.15) is 24.5 Å². The standard InChI is InChI=1S/C30H32N2O6/c1-36-26-15-13-23(14-16-26)20-32-27(33)19-30(32,28(34)37-21-24-9-4-2-5-10-24)17-8-18-31-29(35)38-22-25-11-6-3-7-12-25/h2-7,9-16H,8,17-22H2,1H3,(H,31,35). The summed E-state index contributed by atoms with van der Waals surface area (Å²) < 4.78 is 16.2. The van der Waals surface area contributed by atoms with Gasteiger partial charge in [-0.2, -0.15) is 0 Å². The molecule has 198 valence electrons. The third kappa shape index (κ3) is 6.70. The molecule has 8 heteroatoms. The average molecular weight is 517 g/mol. The summed E-state index contributed by atoms with van der Waals surface area (Å²) in [6, 6.07) is 26.2. The zero-order chi connectivity index (χ0) is 26.8. The summed E-state index contributed by atoms with van der Waals surface area (Å²) in [4.78, 5) is 39.8. The molecule has 1 unspecified atom stereocenters. The maximum absolute atomic E-state index is 13.4. The van der Waals surface area contributed by atoms with Crippen LogP contribution < -0.4 is 10.1 Å². The SMILES string of the molecule is COc1ccc(CN2C(=O)CC2(CCCNC(=O)OCc2ccccc2)C(=O)OCc2ccccc2)cc1. The molecule has 1 aliphatic heterocycles. The van der Waals surface area contributed by atoms with Crippen LogP contribution >= 0.6 is 0 Å². The summed E-state index contributed by atoms with van der Waals surface area (Å²) in [7, 11) is 1.59. The van der Waals surface area contributed by atoms with Crippen LogP contribution in [0.2, 0.25) is 0 Å². The van der Waals surface area contributed by atoms with E-state index in [0.717, 1.165) is 16.7 Å². The maximum atomic E-state index is 13.4. The largest absolute Gasteiger partial charge is 0.497 e. The number of amides is 2. The van der Waals surface area contributed by atoms with Crippen LogP contribution in [0.5, 0.6) is 5.75 Å². The van der Waals surface area contributed by atoms with Crippen LogP contribution in [0.3, 0.4) is 0 Å². The number of esters is 1. The Labute approximate surface area is 222 Å². The summed E-state index contributed by atoms with van der Waals surface area (Å²) in [5.74, 6) is 0.149. The Hall–Kier alpha value is -4.33. The van der Waals surface area contributed by atoms with E-state index in [1.807, 2.05) is 84.9 Å². The minimum Gasteiger partial charge on any atom is -0.497 e. The number of hydrogen-bond donors (Lipinski definition) is 1. The van der Waals surface area contributed by atoms with Crippen molar-refractivity contribution in [3.05, 3.63) is 102 Å². The van der Waals surface area contributed by atoms with Gasteiger partial charge in [-0.3, -0.25) is 4.79 Å². The monoisotopic (exact) mass is 516 g/mol. The number of rotatable bonds is 12. The molecule has 8 nitrogen and oxygen atoms in total. The summed E-state index contributed by atoms with van der Waals surface area (Å²) in [6.45, 7) is 0.865. The fourth-order valence-corrected chi connectivity index (χ4v) is 4.45. The van der Waals surface area contributed by atoms with E-state index >= 15 is 0 Å². The first-order valence-corrected chi connectivity index (χ1v) is 12.6. The topological polar surface area (TPSA) is 94.2 Å². The number of hydrogen-bond acceptors (Lipinski definition) is 6. The molecule has 0 spiro atoms. The molecule has 1 atom stereocenters. The van der Waals surface area contributed by atoms with Crippen LogP contribution in [0.4, 0.5) is 4.79 Å². The lowest BCUT2D eigenvalue weighted by Crippen LogP contribution is -2.67. The molecule has 4 rings (SSSR count). The zero-order valence-electron chi connectivity index (χ0n) is 21.4. The van der Waals surface area contributed by atoms with Crippen molar-refractivity contribution in [3.8, 4) is 5.75 Å². The van der Waals surface area contributed by atoms with E-state index in [9.17, 15) is 14.4 Å². The molecule has 1 saturated heterocycles. The third-order valence-electron chi connectivity index (χ3n) is 6.60. The molecule has 3 aromatic carbocycles. The molecule has 38 heavy (non-hydrogen) atoms. The van der Waals surface area contributed by atoms with Crippen molar-refractivity contribution in [1.29, 1.82) is 0 Å². The first kappa shape index (κ1) is 26.7. The summed E-state index contributed by atoms with van der Waals surface area (Å²) in [5, 5.41) is 2.73. The Bertz CT molecular complexity index is 1220. The van der Waals surface area contributed by atoms with Gasteiger partial charge in [0.25, 0.3) is 0 Å². The number of nitrogens with zero attached hydrogens (tertiary/aromatic N) is 1. The highest BCUT2D eigenvalue weighted by atomic mass is 16.5. The van der Waals surface area contributed by atoms with Gasteiger partial charge in [-0.25, -0.2) is 9.59 Å². The van der Waals surface area contributed by atoms with E-state index in [4.69, 9.17) is 14.2 Å². The molecule has 1 N–H and O–H groups in total. The molecule has 0 aromatic heterocycles. The number of β-lactam (4-membered cyclic amide) rings is 1. The predicted molar refractivity (Wildman–Crippen MR) is 141 cm³/mol. The maximum Gasteiger partial charge on any atom is 0.407 e. The Balaban J connectivity index is 1.37. The lowest BCUT2D eigenvalue weighted by Gasteiger charge is -2.50. The molecule has 0 bridgehead atoms. The number of ether oxygens (including phenoxy) is 3. The number of methoxy groups -OCH3 is 1. The predicted octanol–water partition coefficient (Wildman–Crippen LogP) is 4.62. The quantitative estimate of drug-likeness (QED) is 0.215. The third-order valence-corrected chi connectivity index (χ3v) is 6.60. The Morgan fingerprint density at radius 2 is 1.45 bits per heavy atom. The van der Waals surface area contributed by atoms with Crippen molar-refractivity contribution >= 4 is 18.0 Å². The fraction of sp³-hybridized carbons (Fsp3) is 0.300. The van der Waals surface area contributed by atoms with Gasteiger partial charge in [0.2, 0.25) is 5.91 Å². The minimum absolute atomic E-state index is 0.0647. The van der Waals surface area contributed by atoms with Crippen molar-refractivity contribution in [1.82, 2.24) is 10.2 Å².